The molecule has 1 amide bonds. The first kappa shape index (κ1) is 22.3. The van der Waals surface area contributed by atoms with Crippen molar-refractivity contribution >= 4 is 45.5 Å². The lowest BCUT2D eigenvalue weighted by molar-refractivity contribution is -0.143. The Balaban J connectivity index is 1.94. The van der Waals surface area contributed by atoms with Crippen molar-refractivity contribution in [2.75, 3.05) is 25.7 Å². The summed E-state index contributed by atoms with van der Waals surface area (Å²) in [5, 5.41) is 0. The van der Waals surface area contributed by atoms with E-state index in [4.69, 9.17) is 9.47 Å². The van der Waals surface area contributed by atoms with Gasteiger partial charge in [-0.1, -0.05) is 28.1 Å². The maximum Gasteiger partial charge on any atom is 0.343 e. The minimum atomic E-state index is -0.588. The smallest absolute Gasteiger partial charge is 0.343 e. The van der Waals surface area contributed by atoms with E-state index in [9.17, 15) is 14.4 Å². The Morgan fingerprint density at radius 1 is 1.00 bits per heavy atom. The lowest BCUT2D eigenvalue weighted by atomic mass is 10.0. The molecule has 0 saturated carbocycles. The van der Waals surface area contributed by atoms with E-state index in [1.165, 1.54) is 19.1 Å². The van der Waals surface area contributed by atoms with Crippen LogP contribution in [-0.4, -0.2) is 38.7 Å². The summed E-state index contributed by atoms with van der Waals surface area (Å²) in [6.45, 7) is 1.50. The van der Waals surface area contributed by atoms with Crippen LogP contribution in [0.1, 0.15) is 12.5 Å². The quantitative estimate of drug-likeness (QED) is 0.456. The monoisotopic (exact) mass is 485 g/mol. The Bertz CT molecular complexity index is 1070. The van der Waals surface area contributed by atoms with Crippen LogP contribution in [0.2, 0.25) is 0 Å². The average molecular weight is 486 g/mol. The highest BCUT2D eigenvalue weighted by atomic mass is 79.9. The molecule has 0 saturated heterocycles. The van der Waals surface area contributed by atoms with Crippen molar-refractivity contribution in [3.63, 3.8) is 0 Å². The highest BCUT2D eigenvalue weighted by molar-refractivity contribution is 9.10. The van der Waals surface area contributed by atoms with Crippen molar-refractivity contribution in [2.45, 2.75) is 6.92 Å². The highest BCUT2D eigenvalue weighted by Crippen LogP contribution is 2.36. The minimum Gasteiger partial charge on any atom is -0.482 e. The standard InChI is InChI=1S/C23H20BrNO6/c1-14-21(23(28)30-3)19(22(27)25(14)17-8-6-16(24)7-9-17)12-15-4-10-18(11-5-15)31-13-20(26)29-2/h4-12H,13H2,1-3H3/b19-12-. The van der Waals surface area contributed by atoms with E-state index in [-0.39, 0.29) is 23.7 Å². The summed E-state index contributed by atoms with van der Waals surface area (Å²) >= 11 is 3.38. The van der Waals surface area contributed by atoms with Gasteiger partial charge in [0.15, 0.2) is 6.61 Å². The van der Waals surface area contributed by atoms with Gasteiger partial charge < -0.3 is 14.2 Å². The van der Waals surface area contributed by atoms with Crippen molar-refractivity contribution in [3.8, 4) is 5.75 Å². The van der Waals surface area contributed by atoms with Crippen LogP contribution in [0.4, 0.5) is 5.69 Å². The Morgan fingerprint density at radius 3 is 2.23 bits per heavy atom. The minimum absolute atomic E-state index is 0.202. The van der Waals surface area contributed by atoms with E-state index in [0.717, 1.165) is 4.47 Å². The average Bonchev–Trinajstić information content (AvgIpc) is 3.02. The Kier molecular flexibility index (Phi) is 6.91. The molecule has 1 aliphatic rings. The number of rotatable bonds is 6. The number of benzene rings is 2. The van der Waals surface area contributed by atoms with Gasteiger partial charge in [-0.05, 0) is 55.0 Å². The Morgan fingerprint density at radius 2 is 1.65 bits per heavy atom. The molecule has 2 aromatic rings. The molecule has 0 aliphatic carbocycles. The van der Waals surface area contributed by atoms with Crippen LogP contribution in [0, 0.1) is 0 Å². The van der Waals surface area contributed by atoms with Crippen molar-refractivity contribution in [3.05, 3.63) is 75.4 Å². The maximum atomic E-state index is 13.2. The number of hydrogen-bond donors (Lipinski definition) is 0. The number of esters is 2. The zero-order valence-electron chi connectivity index (χ0n) is 17.2. The van der Waals surface area contributed by atoms with Gasteiger partial charge in [0.25, 0.3) is 5.91 Å². The number of nitrogens with zero attached hydrogens (tertiary/aromatic N) is 1. The van der Waals surface area contributed by atoms with Crippen LogP contribution in [0.25, 0.3) is 6.08 Å². The lowest BCUT2D eigenvalue weighted by Gasteiger charge is -2.18. The van der Waals surface area contributed by atoms with Crippen molar-refractivity contribution in [1.82, 2.24) is 0 Å². The summed E-state index contributed by atoms with van der Waals surface area (Å²) < 4.78 is 15.7. The zero-order valence-corrected chi connectivity index (χ0v) is 18.8. The third-order valence-electron chi connectivity index (χ3n) is 4.65. The number of methoxy groups -OCH3 is 2. The summed E-state index contributed by atoms with van der Waals surface area (Å²) in [6.07, 6.45) is 1.63. The SMILES string of the molecule is COC(=O)COc1ccc(/C=C2\C(=O)N(c3ccc(Br)cc3)C(C)=C2C(=O)OC)cc1. The molecule has 0 bridgehead atoms. The summed E-state index contributed by atoms with van der Waals surface area (Å²) in [7, 11) is 2.56. The van der Waals surface area contributed by atoms with Crippen LogP contribution < -0.4 is 9.64 Å². The fraction of sp³-hybridized carbons (Fsp3) is 0.174. The first-order valence-corrected chi connectivity index (χ1v) is 10.1. The summed E-state index contributed by atoms with van der Waals surface area (Å²) in [5.74, 6) is -0.929. The number of halogens is 1. The lowest BCUT2D eigenvalue weighted by Crippen LogP contribution is -2.24. The van der Waals surface area contributed by atoms with Crippen LogP contribution in [0.15, 0.2) is 69.8 Å². The van der Waals surface area contributed by atoms with Crippen LogP contribution in [0.3, 0.4) is 0 Å². The molecule has 3 rings (SSSR count). The molecule has 1 aliphatic heterocycles. The van der Waals surface area contributed by atoms with E-state index in [0.29, 0.717) is 22.7 Å². The van der Waals surface area contributed by atoms with Gasteiger partial charge in [0.05, 0.1) is 25.4 Å². The van der Waals surface area contributed by atoms with Gasteiger partial charge in [-0.2, -0.15) is 0 Å². The number of carbonyl (C=O) groups excluding carboxylic acids is 3. The van der Waals surface area contributed by atoms with Gasteiger partial charge in [-0.3, -0.25) is 9.69 Å². The molecule has 2 aromatic carbocycles. The molecule has 0 fully saturated rings. The van der Waals surface area contributed by atoms with Crippen molar-refractivity contribution < 1.29 is 28.6 Å². The number of amides is 1. The first-order chi connectivity index (χ1) is 14.8. The molecule has 7 nitrogen and oxygen atoms in total. The third-order valence-corrected chi connectivity index (χ3v) is 5.18. The molecule has 0 N–H and O–H groups in total. The van der Waals surface area contributed by atoms with Gasteiger partial charge in [0.1, 0.15) is 5.75 Å². The van der Waals surface area contributed by atoms with Gasteiger partial charge >= 0.3 is 11.9 Å². The second-order valence-corrected chi connectivity index (χ2v) is 7.48. The summed E-state index contributed by atoms with van der Waals surface area (Å²) in [6, 6.07) is 14.0. The molecule has 0 spiro atoms. The van der Waals surface area contributed by atoms with Crippen LogP contribution in [-0.2, 0) is 23.9 Å². The van der Waals surface area contributed by atoms with Crippen LogP contribution in [0.5, 0.6) is 5.75 Å². The predicted octanol–water partition coefficient (Wildman–Crippen LogP) is 3.88. The third kappa shape index (κ3) is 4.86. The number of ether oxygens (including phenoxy) is 3. The van der Waals surface area contributed by atoms with E-state index in [1.54, 1.807) is 49.4 Å². The molecule has 0 atom stereocenters. The van der Waals surface area contributed by atoms with Gasteiger partial charge in [-0.25, -0.2) is 9.59 Å². The van der Waals surface area contributed by atoms with Gasteiger partial charge in [0.2, 0.25) is 0 Å². The van der Waals surface area contributed by atoms with Crippen molar-refractivity contribution in [2.24, 2.45) is 0 Å². The largest absolute Gasteiger partial charge is 0.482 e. The van der Waals surface area contributed by atoms with Gasteiger partial charge in [-0.15, -0.1) is 0 Å². The second-order valence-electron chi connectivity index (χ2n) is 6.56. The fourth-order valence-electron chi connectivity index (χ4n) is 3.11. The molecular formula is C23H20BrNO6. The number of carbonyl (C=O) groups is 3. The number of anilines is 1. The summed E-state index contributed by atoms with van der Waals surface area (Å²) in [5.41, 5.74) is 2.25. The molecule has 0 aromatic heterocycles. The van der Waals surface area contributed by atoms with E-state index in [1.807, 2.05) is 12.1 Å². The molecule has 31 heavy (non-hydrogen) atoms. The van der Waals surface area contributed by atoms with E-state index < -0.39 is 11.9 Å². The first-order valence-electron chi connectivity index (χ1n) is 9.26. The maximum absolute atomic E-state index is 13.2. The van der Waals surface area contributed by atoms with E-state index >= 15 is 0 Å². The summed E-state index contributed by atoms with van der Waals surface area (Å²) in [4.78, 5) is 38.4. The fourth-order valence-corrected chi connectivity index (χ4v) is 3.37. The molecule has 0 unspecified atom stereocenters. The van der Waals surface area contributed by atoms with Gasteiger partial charge in [0, 0.05) is 15.9 Å². The number of allylic oxidation sites excluding steroid dienone is 1. The Labute approximate surface area is 188 Å². The zero-order chi connectivity index (χ0) is 22.5. The molecule has 160 valence electrons. The molecule has 8 heteroatoms. The Hall–Kier alpha value is -3.39. The topological polar surface area (TPSA) is 82.1 Å². The molecule has 0 radical (unpaired) electrons. The van der Waals surface area contributed by atoms with Crippen LogP contribution >= 0.6 is 15.9 Å². The predicted molar refractivity (Wildman–Crippen MR) is 118 cm³/mol. The number of hydrogen-bond acceptors (Lipinski definition) is 6. The van der Waals surface area contributed by atoms with Crippen molar-refractivity contribution in [1.29, 1.82) is 0 Å². The molecule has 1 heterocycles. The second kappa shape index (κ2) is 9.61. The molecular weight excluding hydrogens is 466 g/mol. The van der Waals surface area contributed by atoms with E-state index in [2.05, 4.69) is 20.7 Å². The normalized spacial score (nSPS) is 14.8. The highest BCUT2D eigenvalue weighted by Gasteiger charge is 2.37.